The highest BCUT2D eigenvalue weighted by molar-refractivity contribution is 4.82. The lowest BCUT2D eigenvalue weighted by atomic mass is 9.73. The van der Waals surface area contributed by atoms with Crippen molar-refractivity contribution in [1.82, 2.24) is 4.90 Å². The molecule has 1 fully saturated rings. The van der Waals surface area contributed by atoms with Gasteiger partial charge in [0.1, 0.15) is 0 Å². The third kappa shape index (κ3) is 2.01. The lowest BCUT2D eigenvalue weighted by Gasteiger charge is -2.42. The van der Waals surface area contributed by atoms with Crippen molar-refractivity contribution < 1.29 is 0 Å². The summed E-state index contributed by atoms with van der Waals surface area (Å²) < 4.78 is 0. The van der Waals surface area contributed by atoms with Crippen molar-refractivity contribution in [2.45, 2.75) is 27.7 Å². The summed E-state index contributed by atoms with van der Waals surface area (Å²) in [7, 11) is 2.24. The second-order valence-electron chi connectivity index (χ2n) is 5.00. The van der Waals surface area contributed by atoms with Crippen molar-refractivity contribution in [2.75, 3.05) is 20.1 Å². The van der Waals surface area contributed by atoms with E-state index in [2.05, 4.69) is 39.6 Å². The largest absolute Gasteiger partial charge is 0.306 e. The first-order valence-electron chi connectivity index (χ1n) is 5.21. The average Bonchev–Trinajstić information content (AvgIpc) is 1.82. The zero-order valence-electron chi connectivity index (χ0n) is 9.17. The fourth-order valence-corrected chi connectivity index (χ4v) is 3.18. The van der Waals surface area contributed by atoms with E-state index >= 15 is 0 Å². The molecule has 1 aliphatic heterocycles. The van der Waals surface area contributed by atoms with Gasteiger partial charge in [-0.1, -0.05) is 27.7 Å². The van der Waals surface area contributed by atoms with Gasteiger partial charge < -0.3 is 4.90 Å². The van der Waals surface area contributed by atoms with Gasteiger partial charge in [0, 0.05) is 13.1 Å². The normalized spacial score (nSPS) is 39.0. The smallest absolute Gasteiger partial charge is 0.000694 e. The molecule has 1 aliphatic rings. The molecule has 0 N–H and O–H groups in total. The minimum atomic E-state index is 0.851. The molecule has 0 aromatic heterocycles. The Kier molecular flexibility index (Phi) is 3.16. The maximum Gasteiger partial charge on any atom is 0.000694 e. The first-order valence-corrected chi connectivity index (χ1v) is 5.21. The van der Waals surface area contributed by atoms with Crippen LogP contribution in [0.3, 0.4) is 0 Å². The number of rotatable bonds is 1. The van der Waals surface area contributed by atoms with Crippen LogP contribution in [-0.4, -0.2) is 25.0 Å². The number of likely N-dealkylation sites (tertiary alicyclic amines) is 1. The van der Waals surface area contributed by atoms with Gasteiger partial charge >= 0.3 is 0 Å². The Morgan fingerprint density at radius 3 is 1.83 bits per heavy atom. The Bertz CT molecular complexity index is 130. The van der Waals surface area contributed by atoms with Crippen LogP contribution in [0.4, 0.5) is 0 Å². The zero-order chi connectivity index (χ0) is 9.30. The van der Waals surface area contributed by atoms with Crippen molar-refractivity contribution in [1.29, 1.82) is 0 Å². The van der Waals surface area contributed by atoms with Gasteiger partial charge in [-0.3, -0.25) is 0 Å². The number of hydrogen-bond acceptors (Lipinski definition) is 1. The third-order valence-corrected chi connectivity index (χ3v) is 3.28. The Hall–Kier alpha value is -0.0400. The molecule has 1 saturated heterocycles. The van der Waals surface area contributed by atoms with Gasteiger partial charge in [0.15, 0.2) is 0 Å². The fourth-order valence-electron chi connectivity index (χ4n) is 3.18. The van der Waals surface area contributed by atoms with E-state index in [1.54, 1.807) is 0 Å². The molecule has 0 radical (unpaired) electrons. The van der Waals surface area contributed by atoms with E-state index in [0.29, 0.717) is 0 Å². The van der Waals surface area contributed by atoms with Crippen molar-refractivity contribution in [3.05, 3.63) is 0 Å². The monoisotopic (exact) mass is 169 g/mol. The molecule has 72 valence electrons. The summed E-state index contributed by atoms with van der Waals surface area (Å²) in [4.78, 5) is 2.47. The van der Waals surface area contributed by atoms with Crippen LogP contribution in [0, 0.1) is 23.7 Å². The molecular weight excluding hydrogens is 146 g/mol. The van der Waals surface area contributed by atoms with Crippen molar-refractivity contribution >= 4 is 0 Å². The molecular formula is C11H23N. The van der Waals surface area contributed by atoms with E-state index < -0.39 is 0 Å². The van der Waals surface area contributed by atoms with E-state index in [1.165, 1.54) is 13.1 Å². The lowest BCUT2D eigenvalue weighted by Crippen LogP contribution is -2.44. The first kappa shape index (κ1) is 10.0. The van der Waals surface area contributed by atoms with Crippen LogP contribution < -0.4 is 0 Å². The molecule has 12 heavy (non-hydrogen) atoms. The van der Waals surface area contributed by atoms with Crippen LogP contribution in [-0.2, 0) is 0 Å². The van der Waals surface area contributed by atoms with Gasteiger partial charge in [0.2, 0.25) is 0 Å². The Balaban J connectivity index is 2.60. The van der Waals surface area contributed by atoms with Gasteiger partial charge in [-0.25, -0.2) is 0 Å². The van der Waals surface area contributed by atoms with Crippen LogP contribution >= 0.6 is 0 Å². The number of nitrogens with zero attached hydrogens (tertiary/aromatic N) is 1. The standard InChI is InChI=1S/C11H23N/c1-8(2)11-9(3)6-12(5)7-10(11)4/h8-11H,6-7H2,1-5H3. The molecule has 2 atom stereocenters. The van der Waals surface area contributed by atoms with E-state index in [1.807, 2.05) is 0 Å². The van der Waals surface area contributed by atoms with Crippen molar-refractivity contribution in [3.8, 4) is 0 Å². The van der Waals surface area contributed by atoms with Crippen molar-refractivity contribution in [2.24, 2.45) is 23.7 Å². The SMILES string of the molecule is CC(C)C1C(C)CN(C)CC1C. The molecule has 1 heteroatoms. The minimum absolute atomic E-state index is 0.851. The second-order valence-corrected chi connectivity index (χ2v) is 5.00. The first-order chi connectivity index (χ1) is 5.52. The van der Waals surface area contributed by atoms with Crippen LogP contribution in [0.2, 0.25) is 0 Å². The topological polar surface area (TPSA) is 3.24 Å². The highest BCUT2D eigenvalue weighted by Gasteiger charge is 2.31. The van der Waals surface area contributed by atoms with Gasteiger partial charge in [-0.15, -0.1) is 0 Å². The molecule has 0 spiro atoms. The van der Waals surface area contributed by atoms with Gasteiger partial charge in [-0.05, 0) is 30.7 Å². The van der Waals surface area contributed by atoms with Crippen LogP contribution in [0.25, 0.3) is 0 Å². The zero-order valence-corrected chi connectivity index (χ0v) is 9.17. The van der Waals surface area contributed by atoms with Crippen LogP contribution in [0.1, 0.15) is 27.7 Å². The van der Waals surface area contributed by atoms with Gasteiger partial charge in [-0.2, -0.15) is 0 Å². The number of hydrogen-bond donors (Lipinski definition) is 0. The highest BCUT2D eigenvalue weighted by Crippen LogP contribution is 2.33. The Morgan fingerprint density at radius 2 is 1.50 bits per heavy atom. The molecule has 0 amide bonds. The van der Waals surface area contributed by atoms with Crippen molar-refractivity contribution in [3.63, 3.8) is 0 Å². The summed E-state index contributed by atoms with van der Waals surface area (Å²) in [6.07, 6.45) is 0. The quantitative estimate of drug-likeness (QED) is 0.583. The predicted octanol–water partition coefficient (Wildman–Crippen LogP) is 2.48. The summed E-state index contributed by atoms with van der Waals surface area (Å²) in [5, 5.41) is 0. The minimum Gasteiger partial charge on any atom is -0.306 e. The van der Waals surface area contributed by atoms with Gasteiger partial charge in [0.05, 0.1) is 0 Å². The molecule has 0 aromatic carbocycles. The fraction of sp³-hybridized carbons (Fsp3) is 1.00. The number of piperidine rings is 1. The third-order valence-electron chi connectivity index (χ3n) is 3.28. The molecule has 0 aliphatic carbocycles. The second kappa shape index (κ2) is 3.78. The van der Waals surface area contributed by atoms with E-state index in [0.717, 1.165) is 23.7 Å². The average molecular weight is 169 g/mol. The van der Waals surface area contributed by atoms with Crippen LogP contribution in [0.15, 0.2) is 0 Å². The summed E-state index contributed by atoms with van der Waals surface area (Å²) in [5.74, 6) is 3.53. The molecule has 0 bridgehead atoms. The molecule has 2 unspecified atom stereocenters. The summed E-state index contributed by atoms with van der Waals surface area (Å²) in [6.45, 7) is 12.1. The molecule has 1 heterocycles. The molecule has 0 saturated carbocycles. The Morgan fingerprint density at radius 1 is 1.08 bits per heavy atom. The summed E-state index contributed by atoms with van der Waals surface area (Å²) in [5.41, 5.74) is 0. The van der Waals surface area contributed by atoms with E-state index in [4.69, 9.17) is 0 Å². The molecule has 1 nitrogen and oxygen atoms in total. The maximum atomic E-state index is 2.47. The highest BCUT2D eigenvalue weighted by atomic mass is 15.1. The van der Waals surface area contributed by atoms with E-state index in [-0.39, 0.29) is 0 Å². The van der Waals surface area contributed by atoms with Crippen LogP contribution in [0.5, 0.6) is 0 Å². The Labute approximate surface area is 77.1 Å². The van der Waals surface area contributed by atoms with E-state index in [9.17, 15) is 0 Å². The summed E-state index contributed by atoms with van der Waals surface area (Å²) in [6, 6.07) is 0. The maximum absolute atomic E-state index is 2.47. The van der Waals surface area contributed by atoms with Gasteiger partial charge in [0.25, 0.3) is 0 Å². The molecule has 0 aromatic rings. The summed E-state index contributed by atoms with van der Waals surface area (Å²) >= 11 is 0. The molecule has 1 rings (SSSR count). The lowest BCUT2D eigenvalue weighted by molar-refractivity contribution is 0.0674. The predicted molar refractivity (Wildman–Crippen MR) is 54.2 cm³/mol.